The summed E-state index contributed by atoms with van der Waals surface area (Å²) in [6.45, 7) is 2.55. The van der Waals surface area contributed by atoms with E-state index in [4.69, 9.17) is 0 Å². The molecule has 1 fully saturated rings. The largest absolute Gasteiger partial charge is 0.300 e. The Morgan fingerprint density at radius 3 is 2.43 bits per heavy atom. The fraction of sp³-hybridized carbons (Fsp3) is 0.364. The summed E-state index contributed by atoms with van der Waals surface area (Å²) in [5, 5.41) is 0.858. The summed E-state index contributed by atoms with van der Waals surface area (Å²) in [5.74, 6) is 0. The number of nitrogens with zero attached hydrogens (tertiary/aromatic N) is 3. The van der Waals surface area contributed by atoms with Gasteiger partial charge in [0.1, 0.15) is 6.33 Å². The fourth-order valence-electron chi connectivity index (χ4n) is 3.95. The Hall–Kier alpha value is -1.89. The van der Waals surface area contributed by atoms with Gasteiger partial charge in [-0.1, -0.05) is 48.9 Å². The predicted octanol–water partition coefficient (Wildman–Crippen LogP) is 5.82. The lowest BCUT2D eigenvalue weighted by Gasteiger charge is -2.32. The highest BCUT2D eigenvalue weighted by Gasteiger charge is 2.28. The third-order valence-corrected chi connectivity index (χ3v) is 6.77. The molecule has 4 nitrogen and oxygen atoms in total. The quantitative estimate of drug-likeness (QED) is 0.549. The van der Waals surface area contributed by atoms with Crippen LogP contribution < -0.4 is 4.72 Å². The molecule has 146 valence electrons. The van der Waals surface area contributed by atoms with Crippen LogP contribution in [0.4, 0.5) is 5.13 Å². The van der Waals surface area contributed by atoms with Crippen molar-refractivity contribution >= 4 is 28.6 Å². The fourth-order valence-corrected chi connectivity index (χ4v) is 5.11. The molecule has 0 saturated carbocycles. The van der Waals surface area contributed by atoms with Gasteiger partial charge in [0.25, 0.3) is 0 Å². The topological polar surface area (TPSA) is 41.1 Å². The molecule has 6 heteroatoms. The molecule has 5 rings (SSSR count). The maximum absolute atomic E-state index is 4.15. The maximum atomic E-state index is 4.15. The summed E-state index contributed by atoms with van der Waals surface area (Å²) in [6.07, 6.45) is 8.22. The molecular weight excluding hydrogens is 384 g/mol. The summed E-state index contributed by atoms with van der Waals surface area (Å²) in [7, 11) is 0. The van der Waals surface area contributed by atoms with Crippen molar-refractivity contribution in [3.63, 3.8) is 0 Å². The molecule has 1 aromatic heterocycles. The number of aryl methyl sites for hydroxylation is 1. The molecule has 2 heterocycles. The zero-order chi connectivity index (χ0) is 19.0. The highest BCUT2D eigenvalue weighted by Crippen LogP contribution is 2.38. The van der Waals surface area contributed by atoms with Crippen molar-refractivity contribution in [3.05, 3.63) is 72.1 Å². The lowest BCUT2D eigenvalue weighted by atomic mass is 10.0. The van der Waals surface area contributed by atoms with E-state index in [1.54, 1.807) is 23.8 Å². The van der Waals surface area contributed by atoms with Crippen LogP contribution in [0.25, 0.3) is 0 Å². The maximum Gasteiger partial charge on any atom is 0.212 e. The molecule has 0 radical (unpaired) electrons. The molecule has 1 atom stereocenters. The summed E-state index contributed by atoms with van der Waals surface area (Å²) >= 11 is 3.01. The number of piperidine rings is 1. The van der Waals surface area contributed by atoms with E-state index in [1.807, 2.05) is 36.4 Å². The van der Waals surface area contributed by atoms with Crippen molar-refractivity contribution < 1.29 is 0 Å². The highest BCUT2D eigenvalue weighted by atomic mass is 32.2. The van der Waals surface area contributed by atoms with E-state index in [0.29, 0.717) is 6.04 Å². The van der Waals surface area contributed by atoms with Crippen LogP contribution >= 0.6 is 23.5 Å². The molecule has 1 unspecified atom stereocenters. The summed E-state index contributed by atoms with van der Waals surface area (Å²) in [4.78, 5) is 8.10. The van der Waals surface area contributed by atoms with Crippen LogP contribution in [0.1, 0.15) is 42.9 Å². The van der Waals surface area contributed by atoms with E-state index in [1.165, 1.54) is 67.2 Å². The van der Waals surface area contributed by atoms with E-state index < -0.39 is 0 Å². The molecule has 0 bridgehead atoms. The van der Waals surface area contributed by atoms with E-state index in [2.05, 4.69) is 37.2 Å². The molecule has 28 heavy (non-hydrogen) atoms. The van der Waals surface area contributed by atoms with Crippen LogP contribution in [0, 0.1) is 0 Å². The number of anilines is 1. The summed E-state index contributed by atoms with van der Waals surface area (Å²) < 4.78 is 7.26. The molecule has 1 saturated heterocycles. The molecule has 1 aliphatic carbocycles. The molecule has 1 N–H and O–H groups in total. The molecule has 2 aromatic carbocycles. The Kier molecular flexibility index (Phi) is 6.97. The Balaban J connectivity index is 0.000000275. The third-order valence-electron chi connectivity index (χ3n) is 5.28. The standard InChI is InChI=1S/C16H20N4S2.C6H6/c1-2-8-20(9-3-1)15-7-4-12-10-13(5-6-14(12)15)21-19-16-17-11-18-22-16;1-2-4-6-5-3-1/h5-6,10-11,15H,1-4,7-9H2,(H,17,18,19);1-6H. The van der Waals surface area contributed by atoms with Crippen LogP contribution in [0.5, 0.6) is 0 Å². The second kappa shape index (κ2) is 10.0. The Morgan fingerprint density at radius 1 is 1.00 bits per heavy atom. The predicted molar refractivity (Wildman–Crippen MR) is 119 cm³/mol. The first-order chi connectivity index (χ1) is 13.9. The van der Waals surface area contributed by atoms with Crippen molar-refractivity contribution in [2.24, 2.45) is 0 Å². The van der Waals surface area contributed by atoms with Gasteiger partial charge < -0.3 is 4.72 Å². The van der Waals surface area contributed by atoms with Crippen molar-refractivity contribution in [3.8, 4) is 0 Å². The molecular formula is C22H26N4S2. The van der Waals surface area contributed by atoms with Gasteiger partial charge in [0.05, 0.1) is 0 Å². The first-order valence-electron chi connectivity index (χ1n) is 9.96. The average molecular weight is 411 g/mol. The lowest BCUT2D eigenvalue weighted by Crippen LogP contribution is -2.32. The minimum Gasteiger partial charge on any atom is -0.300 e. The van der Waals surface area contributed by atoms with Gasteiger partial charge >= 0.3 is 0 Å². The normalized spacial score (nSPS) is 18.8. The number of likely N-dealkylation sites (tertiary alicyclic amines) is 1. The van der Waals surface area contributed by atoms with Gasteiger partial charge in [0, 0.05) is 22.5 Å². The van der Waals surface area contributed by atoms with Gasteiger partial charge in [-0.25, -0.2) is 4.98 Å². The SMILES string of the molecule is c1ccccc1.c1nsc(NSc2ccc3c(c2)CCC3N2CCCCC2)n1. The number of fused-ring (bicyclic) bond motifs is 1. The van der Waals surface area contributed by atoms with Crippen molar-refractivity contribution in [2.45, 2.75) is 43.0 Å². The minimum absolute atomic E-state index is 0.658. The molecule has 1 aliphatic heterocycles. The van der Waals surface area contributed by atoms with E-state index in [-0.39, 0.29) is 0 Å². The highest BCUT2D eigenvalue weighted by molar-refractivity contribution is 8.00. The molecule has 2 aliphatic rings. The van der Waals surface area contributed by atoms with Crippen LogP contribution in [0.2, 0.25) is 0 Å². The van der Waals surface area contributed by atoms with Gasteiger partial charge in [0.15, 0.2) is 0 Å². The first kappa shape index (κ1) is 19.4. The average Bonchev–Trinajstić information content (AvgIpc) is 3.44. The monoisotopic (exact) mass is 410 g/mol. The van der Waals surface area contributed by atoms with Gasteiger partial charge in [-0.2, -0.15) is 4.37 Å². The smallest absolute Gasteiger partial charge is 0.212 e. The van der Waals surface area contributed by atoms with E-state index in [9.17, 15) is 0 Å². The number of hydrogen-bond donors (Lipinski definition) is 1. The number of aromatic nitrogens is 2. The Labute approximate surface area is 175 Å². The third kappa shape index (κ3) is 5.13. The van der Waals surface area contributed by atoms with Crippen molar-refractivity contribution in [1.29, 1.82) is 0 Å². The molecule has 0 spiro atoms. The van der Waals surface area contributed by atoms with Crippen molar-refractivity contribution in [1.82, 2.24) is 14.3 Å². The van der Waals surface area contributed by atoms with Crippen LogP contribution in [0.15, 0.2) is 65.8 Å². The number of hydrogen-bond acceptors (Lipinski definition) is 6. The van der Waals surface area contributed by atoms with E-state index in [0.717, 1.165) is 5.13 Å². The van der Waals surface area contributed by atoms with Crippen LogP contribution in [0.3, 0.4) is 0 Å². The summed E-state index contributed by atoms with van der Waals surface area (Å²) in [6, 6.07) is 19.6. The lowest BCUT2D eigenvalue weighted by molar-refractivity contribution is 0.163. The van der Waals surface area contributed by atoms with E-state index >= 15 is 0 Å². The number of rotatable bonds is 4. The Bertz CT molecular complexity index is 806. The summed E-state index contributed by atoms with van der Waals surface area (Å²) in [5.41, 5.74) is 3.09. The first-order valence-corrected chi connectivity index (χ1v) is 11.6. The number of benzene rings is 2. The second-order valence-electron chi connectivity index (χ2n) is 7.12. The van der Waals surface area contributed by atoms with Gasteiger partial charge in [-0.3, -0.25) is 4.90 Å². The van der Waals surface area contributed by atoms with Gasteiger partial charge in [0.2, 0.25) is 5.13 Å². The van der Waals surface area contributed by atoms with Gasteiger partial charge in [-0.05, 0) is 74.0 Å². The molecule has 3 aromatic rings. The van der Waals surface area contributed by atoms with Gasteiger partial charge in [-0.15, -0.1) is 0 Å². The van der Waals surface area contributed by atoms with Crippen molar-refractivity contribution in [2.75, 3.05) is 17.8 Å². The zero-order valence-corrected chi connectivity index (χ0v) is 17.6. The number of nitrogens with one attached hydrogen (secondary N) is 1. The second-order valence-corrected chi connectivity index (χ2v) is 8.78. The van der Waals surface area contributed by atoms with Crippen LogP contribution in [-0.4, -0.2) is 27.3 Å². The zero-order valence-electron chi connectivity index (χ0n) is 16.0. The Morgan fingerprint density at radius 2 is 1.75 bits per heavy atom. The van der Waals surface area contributed by atoms with Crippen LogP contribution in [-0.2, 0) is 6.42 Å². The molecule has 0 amide bonds. The minimum atomic E-state index is 0.658.